The van der Waals surface area contributed by atoms with Gasteiger partial charge in [-0.25, -0.2) is 0 Å². The minimum absolute atomic E-state index is 0.204. The third kappa shape index (κ3) is 3.04. The summed E-state index contributed by atoms with van der Waals surface area (Å²) >= 11 is 0. The van der Waals surface area contributed by atoms with Crippen LogP contribution in [-0.2, 0) is 0 Å². The van der Waals surface area contributed by atoms with E-state index < -0.39 is 0 Å². The van der Waals surface area contributed by atoms with Crippen LogP contribution in [0.1, 0.15) is 20.3 Å². The largest absolute Gasteiger partial charge is 0.384 e. The molecule has 0 spiro atoms. The Kier molecular flexibility index (Phi) is 3.96. The van der Waals surface area contributed by atoms with E-state index in [1.807, 2.05) is 18.2 Å². The summed E-state index contributed by atoms with van der Waals surface area (Å²) in [6, 6.07) is 10.2. The number of nitrogens with one attached hydrogen (secondary N) is 1. The fourth-order valence-corrected chi connectivity index (χ4v) is 1.21. The van der Waals surface area contributed by atoms with Crippen LogP contribution in [0.2, 0.25) is 0 Å². The summed E-state index contributed by atoms with van der Waals surface area (Å²) in [7, 11) is 0. The summed E-state index contributed by atoms with van der Waals surface area (Å²) in [6.07, 6.45) is 1.10. The molecule has 14 heavy (non-hydrogen) atoms. The molecule has 3 N–H and O–H groups in total. The molecular formula is C12H20N2. The van der Waals surface area contributed by atoms with E-state index in [9.17, 15) is 0 Å². The number of nitrogens with two attached hydrogens (primary N) is 1. The van der Waals surface area contributed by atoms with E-state index in [-0.39, 0.29) is 5.41 Å². The number of para-hydroxylation sites is 1. The molecule has 0 aliphatic rings. The van der Waals surface area contributed by atoms with Crippen LogP contribution in [0.3, 0.4) is 0 Å². The molecule has 0 radical (unpaired) electrons. The van der Waals surface area contributed by atoms with Crippen LogP contribution in [0.4, 0.5) is 5.69 Å². The van der Waals surface area contributed by atoms with Gasteiger partial charge < -0.3 is 11.1 Å². The van der Waals surface area contributed by atoms with Crippen molar-refractivity contribution in [1.82, 2.24) is 0 Å². The predicted molar refractivity (Wildman–Crippen MR) is 62.4 cm³/mol. The highest BCUT2D eigenvalue weighted by atomic mass is 14.9. The summed E-state index contributed by atoms with van der Waals surface area (Å²) in [4.78, 5) is 0. The van der Waals surface area contributed by atoms with Crippen molar-refractivity contribution >= 4 is 5.69 Å². The van der Waals surface area contributed by atoms with Gasteiger partial charge in [-0.05, 0) is 30.5 Å². The van der Waals surface area contributed by atoms with Gasteiger partial charge in [0.25, 0.3) is 0 Å². The van der Waals surface area contributed by atoms with Crippen molar-refractivity contribution in [3.63, 3.8) is 0 Å². The van der Waals surface area contributed by atoms with Crippen LogP contribution in [0.5, 0.6) is 0 Å². The Morgan fingerprint density at radius 3 is 2.43 bits per heavy atom. The lowest BCUT2D eigenvalue weighted by atomic mass is 9.88. The molecule has 2 nitrogen and oxygen atoms in total. The van der Waals surface area contributed by atoms with Crippen molar-refractivity contribution in [2.75, 3.05) is 18.4 Å². The van der Waals surface area contributed by atoms with Crippen molar-refractivity contribution in [1.29, 1.82) is 0 Å². The molecule has 0 aliphatic heterocycles. The molecular weight excluding hydrogens is 172 g/mol. The summed E-state index contributed by atoms with van der Waals surface area (Å²) in [5, 5.41) is 3.41. The first kappa shape index (κ1) is 11.1. The van der Waals surface area contributed by atoms with E-state index in [1.165, 1.54) is 5.69 Å². The molecule has 1 unspecified atom stereocenters. The van der Waals surface area contributed by atoms with Crippen molar-refractivity contribution in [2.24, 2.45) is 11.1 Å². The lowest BCUT2D eigenvalue weighted by Crippen LogP contribution is -2.33. The van der Waals surface area contributed by atoms with Gasteiger partial charge in [0.05, 0.1) is 0 Å². The van der Waals surface area contributed by atoms with Crippen molar-refractivity contribution in [3.05, 3.63) is 30.3 Å². The Morgan fingerprint density at radius 1 is 1.29 bits per heavy atom. The second-order valence-electron chi connectivity index (χ2n) is 4.09. The van der Waals surface area contributed by atoms with E-state index in [0.717, 1.165) is 19.5 Å². The van der Waals surface area contributed by atoms with E-state index >= 15 is 0 Å². The average molecular weight is 192 g/mol. The van der Waals surface area contributed by atoms with Gasteiger partial charge in [0.2, 0.25) is 0 Å². The second-order valence-corrected chi connectivity index (χ2v) is 4.09. The van der Waals surface area contributed by atoms with E-state index in [0.29, 0.717) is 0 Å². The third-order valence-corrected chi connectivity index (χ3v) is 2.84. The molecule has 0 heterocycles. The highest BCUT2D eigenvalue weighted by molar-refractivity contribution is 5.42. The molecule has 1 atom stereocenters. The van der Waals surface area contributed by atoms with Crippen molar-refractivity contribution in [2.45, 2.75) is 20.3 Å². The summed E-state index contributed by atoms with van der Waals surface area (Å²) in [5.74, 6) is 0. The molecule has 1 rings (SSSR count). The molecule has 0 aromatic heterocycles. The number of hydrogen-bond acceptors (Lipinski definition) is 2. The molecule has 2 heteroatoms. The maximum absolute atomic E-state index is 5.74. The number of rotatable bonds is 5. The number of hydrogen-bond donors (Lipinski definition) is 2. The minimum Gasteiger partial charge on any atom is -0.384 e. The standard InChI is InChI=1S/C12H20N2/c1-3-12(2,9-13)10-14-11-7-5-4-6-8-11/h4-8,14H,3,9-10,13H2,1-2H3. The highest BCUT2D eigenvalue weighted by Crippen LogP contribution is 2.19. The zero-order chi connectivity index (χ0) is 10.4. The monoisotopic (exact) mass is 192 g/mol. The maximum atomic E-state index is 5.74. The van der Waals surface area contributed by atoms with Crippen LogP contribution >= 0.6 is 0 Å². The van der Waals surface area contributed by atoms with Crippen molar-refractivity contribution in [3.8, 4) is 0 Å². The smallest absolute Gasteiger partial charge is 0.0340 e. The molecule has 0 saturated carbocycles. The Morgan fingerprint density at radius 2 is 1.93 bits per heavy atom. The Labute approximate surface area is 86.5 Å². The van der Waals surface area contributed by atoms with Crippen LogP contribution in [0, 0.1) is 5.41 Å². The first-order chi connectivity index (χ1) is 6.70. The molecule has 0 saturated heterocycles. The first-order valence-corrected chi connectivity index (χ1v) is 5.19. The van der Waals surface area contributed by atoms with Gasteiger partial charge in [0.1, 0.15) is 0 Å². The van der Waals surface area contributed by atoms with E-state index in [1.54, 1.807) is 0 Å². The molecule has 1 aromatic rings. The van der Waals surface area contributed by atoms with Gasteiger partial charge in [-0.3, -0.25) is 0 Å². The summed E-state index contributed by atoms with van der Waals surface area (Å²) < 4.78 is 0. The van der Waals surface area contributed by atoms with Gasteiger partial charge in [0, 0.05) is 12.2 Å². The predicted octanol–water partition coefficient (Wildman–Crippen LogP) is 2.47. The Bertz CT molecular complexity index is 252. The summed E-state index contributed by atoms with van der Waals surface area (Å²) in [6.45, 7) is 6.05. The molecule has 78 valence electrons. The normalized spacial score (nSPS) is 14.8. The van der Waals surface area contributed by atoms with Gasteiger partial charge in [-0.15, -0.1) is 0 Å². The maximum Gasteiger partial charge on any atom is 0.0340 e. The SMILES string of the molecule is CCC(C)(CN)CNc1ccccc1. The van der Waals surface area contributed by atoms with Crippen molar-refractivity contribution < 1.29 is 0 Å². The lowest BCUT2D eigenvalue weighted by molar-refractivity contribution is 0.346. The molecule has 1 aromatic carbocycles. The van der Waals surface area contributed by atoms with Gasteiger partial charge >= 0.3 is 0 Å². The number of anilines is 1. The lowest BCUT2D eigenvalue weighted by Gasteiger charge is -2.27. The quantitative estimate of drug-likeness (QED) is 0.752. The average Bonchev–Trinajstić information content (AvgIpc) is 2.27. The topological polar surface area (TPSA) is 38.0 Å². The highest BCUT2D eigenvalue weighted by Gasteiger charge is 2.19. The van der Waals surface area contributed by atoms with Crippen LogP contribution in [0.25, 0.3) is 0 Å². The fourth-order valence-electron chi connectivity index (χ4n) is 1.21. The van der Waals surface area contributed by atoms with Crippen LogP contribution in [-0.4, -0.2) is 13.1 Å². The van der Waals surface area contributed by atoms with E-state index in [4.69, 9.17) is 5.73 Å². The molecule has 0 aliphatic carbocycles. The third-order valence-electron chi connectivity index (χ3n) is 2.84. The summed E-state index contributed by atoms with van der Waals surface area (Å²) in [5.41, 5.74) is 7.11. The van der Waals surface area contributed by atoms with Gasteiger partial charge in [0.15, 0.2) is 0 Å². The Hall–Kier alpha value is -1.02. The Balaban J connectivity index is 2.48. The second kappa shape index (κ2) is 5.01. The van der Waals surface area contributed by atoms with Crippen LogP contribution in [0.15, 0.2) is 30.3 Å². The van der Waals surface area contributed by atoms with E-state index in [2.05, 4.69) is 31.3 Å². The molecule has 0 bridgehead atoms. The molecule has 0 amide bonds. The number of benzene rings is 1. The van der Waals surface area contributed by atoms with Gasteiger partial charge in [-0.2, -0.15) is 0 Å². The zero-order valence-electron chi connectivity index (χ0n) is 9.09. The minimum atomic E-state index is 0.204. The van der Waals surface area contributed by atoms with Crippen LogP contribution < -0.4 is 11.1 Å². The van der Waals surface area contributed by atoms with Gasteiger partial charge in [-0.1, -0.05) is 32.0 Å². The first-order valence-electron chi connectivity index (χ1n) is 5.19. The fraction of sp³-hybridized carbons (Fsp3) is 0.500. The molecule has 0 fully saturated rings. The zero-order valence-corrected chi connectivity index (χ0v) is 9.09.